The van der Waals surface area contributed by atoms with Gasteiger partial charge in [0.1, 0.15) is 23.4 Å². The van der Waals surface area contributed by atoms with Gasteiger partial charge >= 0.3 is 0 Å². The number of amides is 3. The van der Waals surface area contributed by atoms with Gasteiger partial charge in [-0.15, -0.1) is 0 Å². The number of carbonyl (C=O) groups is 3. The average molecular weight is 524 g/mol. The number of anilines is 2. The minimum absolute atomic E-state index is 0.0868. The Labute approximate surface area is 217 Å². The van der Waals surface area contributed by atoms with Gasteiger partial charge in [-0.3, -0.25) is 23.5 Å². The van der Waals surface area contributed by atoms with Crippen LogP contribution in [0.2, 0.25) is 0 Å². The third-order valence-electron chi connectivity index (χ3n) is 6.47. The van der Waals surface area contributed by atoms with Gasteiger partial charge < -0.3 is 10.6 Å². The van der Waals surface area contributed by atoms with E-state index in [4.69, 9.17) is 0 Å². The summed E-state index contributed by atoms with van der Waals surface area (Å²) >= 11 is 0. The van der Waals surface area contributed by atoms with Crippen LogP contribution in [0, 0.1) is 5.82 Å². The van der Waals surface area contributed by atoms with E-state index in [1.807, 2.05) is 36.4 Å². The number of hydrogen-bond acceptors (Lipinski definition) is 4. The molecule has 3 aromatic carbocycles. The molecule has 1 saturated carbocycles. The first-order valence-corrected chi connectivity index (χ1v) is 13.8. The van der Waals surface area contributed by atoms with E-state index in [0.29, 0.717) is 11.4 Å². The summed E-state index contributed by atoms with van der Waals surface area (Å²) < 4.78 is 25.9. The quantitative estimate of drug-likeness (QED) is 0.441. The molecule has 0 aromatic heterocycles. The summed E-state index contributed by atoms with van der Waals surface area (Å²) in [6.07, 6.45) is 3.94. The van der Waals surface area contributed by atoms with Crippen molar-refractivity contribution in [2.75, 3.05) is 21.7 Å². The molecule has 0 spiro atoms. The third-order valence-corrected chi connectivity index (χ3v) is 7.62. The lowest BCUT2D eigenvalue weighted by atomic mass is 10.1. The van der Waals surface area contributed by atoms with Crippen LogP contribution in [0.5, 0.6) is 0 Å². The zero-order valence-corrected chi connectivity index (χ0v) is 21.4. The maximum absolute atomic E-state index is 13.5. The Morgan fingerprint density at radius 1 is 0.973 bits per heavy atom. The van der Waals surface area contributed by atoms with E-state index in [0.717, 1.165) is 36.5 Å². The minimum atomic E-state index is -1.83. The summed E-state index contributed by atoms with van der Waals surface area (Å²) in [5, 5.41) is 7.30. The largest absolute Gasteiger partial charge is 0.352 e. The number of rotatable bonds is 9. The Morgan fingerprint density at radius 2 is 1.65 bits per heavy atom. The van der Waals surface area contributed by atoms with Crippen molar-refractivity contribution in [3.05, 3.63) is 72.5 Å². The zero-order valence-electron chi connectivity index (χ0n) is 20.6. The molecular weight excluding hydrogens is 493 g/mol. The number of benzene rings is 3. The molecule has 0 radical (unpaired) electrons. The van der Waals surface area contributed by atoms with Crippen molar-refractivity contribution in [1.82, 2.24) is 5.32 Å². The van der Waals surface area contributed by atoms with Crippen molar-refractivity contribution in [2.45, 2.75) is 44.7 Å². The van der Waals surface area contributed by atoms with E-state index in [1.165, 1.54) is 29.2 Å². The molecule has 194 valence electrons. The predicted octanol–water partition coefficient (Wildman–Crippen LogP) is 4.15. The van der Waals surface area contributed by atoms with E-state index in [1.54, 1.807) is 13.0 Å². The molecule has 2 atom stereocenters. The number of fused-ring (bicyclic) bond motifs is 1. The Morgan fingerprint density at radius 3 is 2.38 bits per heavy atom. The van der Waals surface area contributed by atoms with Gasteiger partial charge in [0.05, 0.1) is 5.69 Å². The van der Waals surface area contributed by atoms with Gasteiger partial charge in [-0.05, 0) is 55.5 Å². The Bertz CT molecular complexity index is 1300. The number of hydrogen-bond donors (Lipinski definition) is 2. The van der Waals surface area contributed by atoms with Crippen molar-refractivity contribution in [3.63, 3.8) is 0 Å². The molecule has 0 bridgehead atoms. The predicted molar refractivity (Wildman–Crippen MR) is 144 cm³/mol. The Hall–Kier alpha value is -3.59. The molecule has 0 heterocycles. The first kappa shape index (κ1) is 26.5. The summed E-state index contributed by atoms with van der Waals surface area (Å²) in [5.41, 5.74) is 0.911. The maximum atomic E-state index is 13.5. The van der Waals surface area contributed by atoms with Gasteiger partial charge in [0.25, 0.3) is 0 Å². The second-order valence-corrected chi connectivity index (χ2v) is 10.7. The van der Waals surface area contributed by atoms with Crippen LogP contribution in [0.25, 0.3) is 10.8 Å². The molecule has 4 rings (SSSR count). The van der Waals surface area contributed by atoms with Gasteiger partial charge in [0, 0.05) is 27.9 Å². The van der Waals surface area contributed by atoms with Crippen LogP contribution in [-0.4, -0.2) is 45.5 Å². The van der Waals surface area contributed by atoms with Crippen LogP contribution < -0.4 is 15.5 Å². The summed E-state index contributed by atoms with van der Waals surface area (Å²) in [4.78, 5) is 40.5. The lowest BCUT2D eigenvalue weighted by molar-refractivity contribution is -0.125. The fourth-order valence-corrected chi connectivity index (χ4v) is 5.50. The van der Waals surface area contributed by atoms with Crippen LogP contribution >= 0.6 is 0 Å². The molecule has 0 aliphatic heterocycles. The van der Waals surface area contributed by atoms with Crippen LogP contribution in [0.1, 0.15) is 32.6 Å². The smallest absolute Gasteiger partial charge is 0.243 e. The standard InChI is InChI=1S/C28H30FN3O4S/c1-19(28(35)31-22-9-3-4-10-22)32(25-12-6-8-20-7-2-5-11-24(20)25)27(34)18-37(36)17-26(33)30-23-15-13-21(29)14-16-23/h2,5-8,11-16,19,22H,3-4,9-10,17-18H2,1H3,(H,30,33)(H,31,35). The monoisotopic (exact) mass is 523 g/mol. The van der Waals surface area contributed by atoms with Crippen LogP contribution in [0.15, 0.2) is 66.7 Å². The van der Waals surface area contributed by atoms with Gasteiger partial charge in [-0.1, -0.05) is 49.2 Å². The number of carbonyl (C=O) groups excluding carboxylic acids is 3. The molecule has 9 heteroatoms. The van der Waals surface area contributed by atoms with E-state index in [2.05, 4.69) is 10.6 Å². The van der Waals surface area contributed by atoms with Crippen LogP contribution in [0.3, 0.4) is 0 Å². The van der Waals surface area contributed by atoms with Crippen molar-refractivity contribution in [2.24, 2.45) is 0 Å². The molecule has 1 aliphatic rings. The molecule has 3 amide bonds. The van der Waals surface area contributed by atoms with Gasteiger partial charge in [0.15, 0.2) is 0 Å². The van der Waals surface area contributed by atoms with Crippen molar-refractivity contribution < 1.29 is 23.0 Å². The number of halogens is 1. The molecule has 0 saturated heterocycles. The van der Waals surface area contributed by atoms with Gasteiger partial charge in [-0.2, -0.15) is 0 Å². The van der Waals surface area contributed by atoms with E-state index in [-0.39, 0.29) is 11.9 Å². The highest BCUT2D eigenvalue weighted by Crippen LogP contribution is 2.29. The summed E-state index contributed by atoms with van der Waals surface area (Å²) in [6.45, 7) is 1.66. The lowest BCUT2D eigenvalue weighted by Gasteiger charge is -2.30. The van der Waals surface area contributed by atoms with Crippen LogP contribution in [0.4, 0.5) is 15.8 Å². The fraction of sp³-hybridized carbons (Fsp3) is 0.321. The van der Waals surface area contributed by atoms with E-state index in [9.17, 15) is 23.0 Å². The average Bonchev–Trinajstić information content (AvgIpc) is 3.38. The van der Waals surface area contributed by atoms with Crippen LogP contribution in [-0.2, 0) is 25.2 Å². The highest BCUT2D eigenvalue weighted by Gasteiger charge is 2.31. The Kier molecular flexibility index (Phi) is 8.66. The second kappa shape index (κ2) is 12.1. The number of nitrogens with zero attached hydrogens (tertiary/aromatic N) is 1. The first-order valence-electron chi connectivity index (χ1n) is 12.3. The molecule has 2 N–H and O–H groups in total. The van der Waals surface area contributed by atoms with Gasteiger partial charge in [0.2, 0.25) is 17.7 Å². The molecule has 2 unspecified atom stereocenters. The highest BCUT2D eigenvalue weighted by atomic mass is 32.2. The lowest BCUT2D eigenvalue weighted by Crippen LogP contribution is -2.51. The zero-order chi connectivity index (χ0) is 26.4. The molecule has 3 aromatic rings. The first-order chi connectivity index (χ1) is 17.8. The van der Waals surface area contributed by atoms with Crippen molar-refractivity contribution in [1.29, 1.82) is 0 Å². The van der Waals surface area contributed by atoms with E-state index >= 15 is 0 Å². The topological polar surface area (TPSA) is 95.6 Å². The van der Waals surface area contributed by atoms with Gasteiger partial charge in [-0.25, -0.2) is 4.39 Å². The molecular formula is C28H30FN3O4S. The summed E-state index contributed by atoms with van der Waals surface area (Å²) in [5.74, 6) is -2.62. The summed E-state index contributed by atoms with van der Waals surface area (Å²) in [6, 6.07) is 17.5. The second-order valence-electron chi connectivity index (χ2n) is 9.21. The molecule has 37 heavy (non-hydrogen) atoms. The number of nitrogens with one attached hydrogen (secondary N) is 2. The highest BCUT2D eigenvalue weighted by molar-refractivity contribution is 7.86. The SMILES string of the molecule is CC(C(=O)NC1CCCC1)N(C(=O)CS(=O)CC(=O)Nc1ccc(F)cc1)c1cccc2ccccc12. The summed E-state index contributed by atoms with van der Waals surface area (Å²) in [7, 11) is -1.83. The Balaban J connectivity index is 1.52. The fourth-order valence-electron chi connectivity index (χ4n) is 4.62. The van der Waals surface area contributed by atoms with Crippen molar-refractivity contribution >= 4 is 50.7 Å². The van der Waals surface area contributed by atoms with Crippen molar-refractivity contribution in [3.8, 4) is 0 Å². The normalized spacial score (nSPS) is 15.2. The molecule has 1 fully saturated rings. The maximum Gasteiger partial charge on any atom is 0.243 e. The third kappa shape index (κ3) is 6.80. The molecule has 1 aliphatic carbocycles. The minimum Gasteiger partial charge on any atom is -0.352 e. The molecule has 7 nitrogen and oxygen atoms in total. The van der Waals surface area contributed by atoms with E-state index < -0.39 is 46.0 Å².